The van der Waals surface area contributed by atoms with Gasteiger partial charge in [0.25, 0.3) is 0 Å². The molecule has 1 rings (SSSR count). The van der Waals surface area contributed by atoms with Crippen LogP contribution in [0.4, 0.5) is 0 Å². The fourth-order valence-electron chi connectivity index (χ4n) is 1.46. The number of aromatic nitrogens is 1. The molecule has 1 aromatic rings. The van der Waals surface area contributed by atoms with E-state index >= 15 is 0 Å². The molecule has 98 valence electrons. The van der Waals surface area contributed by atoms with Gasteiger partial charge in [-0.2, -0.15) is 0 Å². The molecule has 0 aliphatic carbocycles. The smallest absolute Gasteiger partial charge is 0.107 e. The van der Waals surface area contributed by atoms with E-state index < -0.39 is 0 Å². The number of hydrogen-bond donors (Lipinski definition) is 1. The standard InChI is InChI=1S/C13H24N2OS/c1-4-5-8-16-9-6-7-14-10-13-15-11(2)12(3)17-13/h14H,4-10H2,1-3H3. The van der Waals surface area contributed by atoms with Crippen LogP contribution >= 0.6 is 11.3 Å². The highest BCUT2D eigenvalue weighted by Gasteiger charge is 2.02. The van der Waals surface area contributed by atoms with E-state index in [1.54, 1.807) is 11.3 Å². The predicted octanol–water partition coefficient (Wildman–Crippen LogP) is 3.06. The first-order valence-electron chi connectivity index (χ1n) is 6.45. The van der Waals surface area contributed by atoms with E-state index in [4.69, 9.17) is 4.74 Å². The van der Waals surface area contributed by atoms with Crippen molar-refractivity contribution in [1.29, 1.82) is 0 Å². The highest BCUT2D eigenvalue weighted by atomic mass is 32.1. The van der Waals surface area contributed by atoms with E-state index in [1.165, 1.54) is 22.7 Å². The van der Waals surface area contributed by atoms with Crippen LogP contribution in [0.2, 0.25) is 0 Å². The van der Waals surface area contributed by atoms with Crippen LogP contribution in [0.15, 0.2) is 0 Å². The molecular formula is C13H24N2OS. The summed E-state index contributed by atoms with van der Waals surface area (Å²) in [5, 5.41) is 4.59. The molecule has 0 aromatic carbocycles. The van der Waals surface area contributed by atoms with Gasteiger partial charge in [0.15, 0.2) is 0 Å². The fourth-order valence-corrected chi connectivity index (χ4v) is 2.36. The number of hydrogen-bond acceptors (Lipinski definition) is 4. The highest BCUT2D eigenvalue weighted by molar-refractivity contribution is 7.11. The van der Waals surface area contributed by atoms with Crippen molar-refractivity contribution in [3.63, 3.8) is 0 Å². The van der Waals surface area contributed by atoms with Gasteiger partial charge in [-0.05, 0) is 33.2 Å². The Balaban J connectivity index is 1.97. The Bertz CT molecular complexity index is 293. The normalized spacial score (nSPS) is 11.0. The van der Waals surface area contributed by atoms with E-state index in [2.05, 4.69) is 31.1 Å². The molecule has 0 saturated carbocycles. The Morgan fingerprint density at radius 1 is 1.24 bits per heavy atom. The maximum atomic E-state index is 5.50. The maximum absolute atomic E-state index is 5.50. The summed E-state index contributed by atoms with van der Waals surface area (Å²) in [6.07, 6.45) is 3.46. The molecular weight excluding hydrogens is 232 g/mol. The number of ether oxygens (including phenoxy) is 1. The van der Waals surface area contributed by atoms with Crippen LogP contribution in [0.1, 0.15) is 41.8 Å². The van der Waals surface area contributed by atoms with Gasteiger partial charge in [0.2, 0.25) is 0 Å². The number of nitrogens with one attached hydrogen (secondary N) is 1. The van der Waals surface area contributed by atoms with Gasteiger partial charge in [0.05, 0.1) is 5.69 Å². The van der Waals surface area contributed by atoms with Crippen molar-refractivity contribution in [2.45, 2.75) is 46.6 Å². The minimum absolute atomic E-state index is 0.864. The molecule has 0 spiro atoms. The molecule has 0 atom stereocenters. The first-order chi connectivity index (χ1) is 8.24. The molecule has 1 aromatic heterocycles. The van der Waals surface area contributed by atoms with E-state index in [-0.39, 0.29) is 0 Å². The van der Waals surface area contributed by atoms with Crippen molar-refractivity contribution >= 4 is 11.3 Å². The molecule has 17 heavy (non-hydrogen) atoms. The van der Waals surface area contributed by atoms with Crippen LogP contribution < -0.4 is 5.32 Å². The molecule has 0 amide bonds. The number of rotatable bonds is 9. The van der Waals surface area contributed by atoms with Gasteiger partial charge in [0.1, 0.15) is 5.01 Å². The number of thiazole rings is 1. The minimum atomic E-state index is 0.864. The first kappa shape index (κ1) is 14.6. The Hall–Kier alpha value is -0.450. The Morgan fingerprint density at radius 2 is 2.00 bits per heavy atom. The molecule has 0 aliphatic rings. The van der Waals surface area contributed by atoms with Gasteiger partial charge in [-0.1, -0.05) is 13.3 Å². The van der Waals surface area contributed by atoms with Crippen LogP contribution in [0.5, 0.6) is 0 Å². The molecule has 0 radical (unpaired) electrons. The van der Waals surface area contributed by atoms with Crippen LogP contribution in [-0.4, -0.2) is 24.7 Å². The van der Waals surface area contributed by atoms with Gasteiger partial charge in [-0.3, -0.25) is 0 Å². The summed E-state index contributed by atoms with van der Waals surface area (Å²) in [7, 11) is 0. The Morgan fingerprint density at radius 3 is 2.65 bits per heavy atom. The zero-order valence-electron chi connectivity index (χ0n) is 11.2. The van der Waals surface area contributed by atoms with Gasteiger partial charge < -0.3 is 10.1 Å². The maximum Gasteiger partial charge on any atom is 0.107 e. The second-order valence-electron chi connectivity index (χ2n) is 4.25. The summed E-state index contributed by atoms with van der Waals surface area (Å²) in [5.74, 6) is 0. The summed E-state index contributed by atoms with van der Waals surface area (Å²) < 4.78 is 5.50. The summed E-state index contributed by atoms with van der Waals surface area (Å²) in [4.78, 5) is 5.82. The predicted molar refractivity (Wildman–Crippen MR) is 73.6 cm³/mol. The SMILES string of the molecule is CCCCOCCCNCc1nc(C)c(C)s1. The van der Waals surface area contributed by atoms with Crippen LogP contribution in [0.3, 0.4) is 0 Å². The van der Waals surface area contributed by atoms with Crippen LogP contribution in [0.25, 0.3) is 0 Å². The van der Waals surface area contributed by atoms with Gasteiger partial charge >= 0.3 is 0 Å². The molecule has 0 fully saturated rings. The molecule has 0 unspecified atom stereocenters. The van der Waals surface area contributed by atoms with Crippen molar-refractivity contribution in [3.05, 3.63) is 15.6 Å². The summed E-state index contributed by atoms with van der Waals surface area (Å²) in [6.45, 7) is 10.0. The second-order valence-corrected chi connectivity index (χ2v) is 5.53. The first-order valence-corrected chi connectivity index (χ1v) is 7.27. The monoisotopic (exact) mass is 256 g/mol. The van der Waals surface area contributed by atoms with E-state index in [1.807, 2.05) is 0 Å². The largest absolute Gasteiger partial charge is 0.381 e. The van der Waals surface area contributed by atoms with Gasteiger partial charge in [0, 0.05) is 24.6 Å². The second kappa shape index (κ2) is 8.61. The van der Waals surface area contributed by atoms with E-state index in [0.717, 1.165) is 38.4 Å². The van der Waals surface area contributed by atoms with Crippen molar-refractivity contribution < 1.29 is 4.74 Å². The zero-order valence-corrected chi connectivity index (χ0v) is 12.0. The lowest BCUT2D eigenvalue weighted by Gasteiger charge is -2.04. The molecule has 3 nitrogen and oxygen atoms in total. The quantitative estimate of drug-likeness (QED) is 0.690. The van der Waals surface area contributed by atoms with Crippen molar-refractivity contribution in [2.75, 3.05) is 19.8 Å². The van der Waals surface area contributed by atoms with Crippen LogP contribution in [0, 0.1) is 13.8 Å². The lowest BCUT2D eigenvalue weighted by atomic mass is 10.4. The van der Waals surface area contributed by atoms with Crippen molar-refractivity contribution in [2.24, 2.45) is 0 Å². The lowest BCUT2D eigenvalue weighted by molar-refractivity contribution is 0.129. The van der Waals surface area contributed by atoms with Crippen molar-refractivity contribution in [1.82, 2.24) is 10.3 Å². The third-order valence-corrected chi connectivity index (χ3v) is 3.71. The zero-order chi connectivity index (χ0) is 12.5. The molecule has 0 saturated heterocycles. The average Bonchev–Trinajstić information content (AvgIpc) is 2.62. The molecule has 0 aliphatic heterocycles. The fraction of sp³-hybridized carbons (Fsp3) is 0.769. The molecule has 1 N–H and O–H groups in total. The Kier molecular flexibility index (Phi) is 7.40. The molecule has 4 heteroatoms. The third-order valence-electron chi connectivity index (χ3n) is 2.63. The number of unbranched alkanes of at least 4 members (excludes halogenated alkanes) is 1. The average molecular weight is 256 g/mol. The van der Waals surface area contributed by atoms with Gasteiger partial charge in [-0.25, -0.2) is 4.98 Å². The van der Waals surface area contributed by atoms with Crippen LogP contribution in [-0.2, 0) is 11.3 Å². The molecule has 1 heterocycles. The summed E-state index contributed by atoms with van der Waals surface area (Å²) in [6, 6.07) is 0. The molecule has 0 bridgehead atoms. The van der Waals surface area contributed by atoms with Gasteiger partial charge in [-0.15, -0.1) is 11.3 Å². The summed E-state index contributed by atoms with van der Waals surface area (Å²) in [5.41, 5.74) is 1.16. The van der Waals surface area contributed by atoms with Crippen molar-refractivity contribution in [3.8, 4) is 0 Å². The lowest BCUT2D eigenvalue weighted by Crippen LogP contribution is -2.16. The van der Waals surface area contributed by atoms with E-state index in [0.29, 0.717) is 0 Å². The summed E-state index contributed by atoms with van der Waals surface area (Å²) >= 11 is 1.78. The van der Waals surface area contributed by atoms with E-state index in [9.17, 15) is 0 Å². The third kappa shape index (κ3) is 6.15. The number of nitrogens with zero attached hydrogens (tertiary/aromatic N) is 1. The topological polar surface area (TPSA) is 34.1 Å². The Labute approximate surface area is 109 Å². The number of aryl methyl sites for hydroxylation is 2. The minimum Gasteiger partial charge on any atom is -0.381 e. The highest BCUT2D eigenvalue weighted by Crippen LogP contribution is 2.15.